The van der Waals surface area contributed by atoms with E-state index in [0.29, 0.717) is 9.99 Å². The first-order valence-corrected chi connectivity index (χ1v) is 9.02. The Balaban J connectivity index is 1.85. The van der Waals surface area contributed by atoms with Crippen molar-refractivity contribution >= 4 is 36.9 Å². The van der Waals surface area contributed by atoms with E-state index in [1.807, 2.05) is 6.07 Å². The summed E-state index contributed by atoms with van der Waals surface area (Å²) in [4.78, 5) is 4.24. The Hall–Kier alpha value is -1.83. The Bertz CT molecular complexity index is 977. The monoisotopic (exact) mass is 394 g/mol. The van der Waals surface area contributed by atoms with Crippen LogP contribution in [0.2, 0.25) is 0 Å². The molecule has 0 aliphatic rings. The number of halogens is 2. The van der Waals surface area contributed by atoms with Crippen LogP contribution in [0.4, 0.5) is 4.39 Å². The molecule has 1 aromatic heterocycles. The molecule has 0 amide bonds. The molecule has 0 spiro atoms. The average Bonchev–Trinajstić information content (AvgIpc) is 2.53. The molecular formula is C16H12BrFN2O2S. The number of hydrogen-bond donors (Lipinski definition) is 1. The number of pyridine rings is 1. The second kappa shape index (κ2) is 6.35. The summed E-state index contributed by atoms with van der Waals surface area (Å²) in [7, 11) is -3.75. The van der Waals surface area contributed by atoms with Gasteiger partial charge < -0.3 is 0 Å². The van der Waals surface area contributed by atoms with Crippen LogP contribution in [0, 0.1) is 5.82 Å². The molecule has 1 heterocycles. The second-order valence-corrected chi connectivity index (χ2v) is 7.60. The Labute approximate surface area is 141 Å². The van der Waals surface area contributed by atoms with E-state index in [1.54, 1.807) is 24.4 Å². The molecule has 0 aliphatic heterocycles. The Kier molecular flexibility index (Phi) is 4.43. The fourth-order valence-corrected chi connectivity index (χ4v) is 3.49. The van der Waals surface area contributed by atoms with Crippen molar-refractivity contribution in [3.8, 4) is 0 Å². The number of nitrogens with zero attached hydrogens (tertiary/aromatic N) is 1. The van der Waals surface area contributed by atoms with E-state index in [4.69, 9.17) is 0 Å². The highest BCUT2D eigenvalue weighted by Gasteiger charge is 2.15. The minimum absolute atomic E-state index is 0.0984. The zero-order valence-electron chi connectivity index (χ0n) is 11.8. The number of aromatic nitrogens is 1. The van der Waals surface area contributed by atoms with E-state index in [9.17, 15) is 12.8 Å². The van der Waals surface area contributed by atoms with Crippen LogP contribution in [-0.2, 0) is 16.6 Å². The molecule has 0 aliphatic carbocycles. The summed E-state index contributed by atoms with van der Waals surface area (Å²) in [6.07, 6.45) is 1.60. The Morgan fingerprint density at radius 3 is 2.74 bits per heavy atom. The molecule has 2 aromatic carbocycles. The number of sulfonamides is 1. The van der Waals surface area contributed by atoms with Crippen LogP contribution in [-0.4, -0.2) is 13.4 Å². The predicted molar refractivity (Wildman–Crippen MR) is 89.9 cm³/mol. The Morgan fingerprint density at radius 2 is 1.96 bits per heavy atom. The van der Waals surface area contributed by atoms with Gasteiger partial charge >= 0.3 is 0 Å². The van der Waals surface area contributed by atoms with Crippen molar-refractivity contribution in [2.45, 2.75) is 11.4 Å². The zero-order valence-corrected chi connectivity index (χ0v) is 14.2. The summed E-state index contributed by atoms with van der Waals surface area (Å²) in [5, 5.41) is 0.852. The van der Waals surface area contributed by atoms with Gasteiger partial charge in [-0.25, -0.2) is 17.5 Å². The molecule has 0 fully saturated rings. The van der Waals surface area contributed by atoms with Crippen LogP contribution in [0.3, 0.4) is 0 Å². The third-order valence-corrected chi connectivity index (χ3v) is 5.25. The quantitative estimate of drug-likeness (QED) is 0.734. The van der Waals surface area contributed by atoms with Gasteiger partial charge in [0, 0.05) is 28.2 Å². The van der Waals surface area contributed by atoms with Gasteiger partial charge in [-0.3, -0.25) is 4.98 Å². The van der Waals surface area contributed by atoms with Gasteiger partial charge in [-0.2, -0.15) is 0 Å². The molecule has 0 bridgehead atoms. The second-order valence-electron chi connectivity index (χ2n) is 4.92. The number of hydrogen-bond acceptors (Lipinski definition) is 3. The minimum Gasteiger partial charge on any atom is -0.256 e. The van der Waals surface area contributed by atoms with Crippen LogP contribution in [0.15, 0.2) is 64.1 Å². The fourth-order valence-electron chi connectivity index (χ4n) is 2.13. The van der Waals surface area contributed by atoms with E-state index in [0.717, 1.165) is 5.39 Å². The van der Waals surface area contributed by atoms with Crippen molar-refractivity contribution in [1.29, 1.82) is 0 Å². The van der Waals surface area contributed by atoms with Crippen molar-refractivity contribution in [1.82, 2.24) is 9.71 Å². The minimum atomic E-state index is -3.75. The molecule has 4 nitrogen and oxygen atoms in total. The number of rotatable bonds is 4. The van der Waals surface area contributed by atoms with E-state index in [2.05, 4.69) is 25.6 Å². The highest BCUT2D eigenvalue weighted by atomic mass is 79.9. The van der Waals surface area contributed by atoms with Gasteiger partial charge in [-0.1, -0.05) is 34.1 Å². The molecule has 23 heavy (non-hydrogen) atoms. The number of fused-ring (bicyclic) bond motifs is 1. The van der Waals surface area contributed by atoms with Gasteiger partial charge in [-0.05, 0) is 30.3 Å². The third kappa shape index (κ3) is 3.57. The molecular weight excluding hydrogens is 383 g/mol. The summed E-state index contributed by atoms with van der Waals surface area (Å²) in [6, 6.07) is 12.8. The van der Waals surface area contributed by atoms with E-state index >= 15 is 0 Å². The van der Waals surface area contributed by atoms with Gasteiger partial charge in [0.15, 0.2) is 0 Å². The van der Waals surface area contributed by atoms with Gasteiger partial charge in [-0.15, -0.1) is 0 Å². The van der Waals surface area contributed by atoms with E-state index in [1.165, 1.54) is 24.3 Å². The van der Waals surface area contributed by atoms with E-state index < -0.39 is 15.8 Å². The SMILES string of the molecule is O=S(=O)(NCc1ccc(Br)cc1F)c1ccc2cccnc2c1. The summed E-state index contributed by atoms with van der Waals surface area (Å²) in [6.45, 7) is -0.123. The molecule has 3 rings (SSSR count). The van der Waals surface area contributed by atoms with Gasteiger partial charge in [0.1, 0.15) is 5.82 Å². The normalized spacial score (nSPS) is 11.7. The van der Waals surface area contributed by atoms with Crippen molar-refractivity contribution in [2.24, 2.45) is 0 Å². The lowest BCUT2D eigenvalue weighted by molar-refractivity contribution is 0.574. The maximum absolute atomic E-state index is 13.8. The van der Waals surface area contributed by atoms with Crippen LogP contribution in [0.1, 0.15) is 5.56 Å². The van der Waals surface area contributed by atoms with Gasteiger partial charge in [0.05, 0.1) is 10.4 Å². The summed E-state index contributed by atoms with van der Waals surface area (Å²) in [5.41, 5.74) is 0.862. The molecule has 0 radical (unpaired) electrons. The largest absolute Gasteiger partial charge is 0.256 e. The maximum atomic E-state index is 13.8. The van der Waals surface area contributed by atoms with Gasteiger partial charge in [0.2, 0.25) is 10.0 Å². The van der Waals surface area contributed by atoms with Crippen LogP contribution in [0.25, 0.3) is 10.9 Å². The van der Waals surface area contributed by atoms with Crippen molar-refractivity contribution in [2.75, 3.05) is 0 Å². The third-order valence-electron chi connectivity index (χ3n) is 3.36. The molecule has 118 valence electrons. The standard InChI is InChI=1S/C16H12BrFN2O2S/c17-13-5-3-12(15(18)8-13)10-20-23(21,22)14-6-4-11-2-1-7-19-16(11)9-14/h1-9,20H,10H2. The zero-order chi connectivity index (χ0) is 16.4. The molecule has 0 atom stereocenters. The molecule has 1 N–H and O–H groups in total. The first-order valence-electron chi connectivity index (χ1n) is 6.74. The van der Waals surface area contributed by atoms with Crippen LogP contribution in [0.5, 0.6) is 0 Å². The first kappa shape index (κ1) is 16.0. The summed E-state index contributed by atoms with van der Waals surface area (Å²) in [5.74, 6) is -0.470. The highest BCUT2D eigenvalue weighted by molar-refractivity contribution is 9.10. The fraction of sp³-hybridized carbons (Fsp3) is 0.0625. The lowest BCUT2D eigenvalue weighted by Gasteiger charge is -2.08. The van der Waals surface area contributed by atoms with Crippen molar-refractivity contribution in [3.63, 3.8) is 0 Å². The first-order chi connectivity index (χ1) is 11.0. The van der Waals surface area contributed by atoms with Crippen molar-refractivity contribution < 1.29 is 12.8 Å². The topological polar surface area (TPSA) is 59.1 Å². The molecule has 0 saturated carbocycles. The maximum Gasteiger partial charge on any atom is 0.240 e. The molecule has 7 heteroatoms. The lowest BCUT2D eigenvalue weighted by Crippen LogP contribution is -2.23. The Morgan fingerprint density at radius 1 is 1.13 bits per heavy atom. The molecule has 0 saturated heterocycles. The van der Waals surface area contributed by atoms with E-state index in [-0.39, 0.29) is 17.0 Å². The lowest BCUT2D eigenvalue weighted by atomic mass is 10.2. The molecule has 3 aromatic rings. The van der Waals surface area contributed by atoms with Crippen LogP contribution < -0.4 is 4.72 Å². The van der Waals surface area contributed by atoms with Crippen molar-refractivity contribution in [3.05, 3.63) is 70.6 Å². The number of nitrogens with one attached hydrogen (secondary N) is 1. The highest BCUT2D eigenvalue weighted by Crippen LogP contribution is 2.19. The van der Waals surface area contributed by atoms with Crippen LogP contribution >= 0.6 is 15.9 Å². The summed E-state index contributed by atoms with van der Waals surface area (Å²) >= 11 is 3.16. The van der Waals surface area contributed by atoms with Gasteiger partial charge in [0.25, 0.3) is 0 Å². The number of benzene rings is 2. The molecule has 0 unspecified atom stereocenters. The average molecular weight is 395 g/mol. The smallest absolute Gasteiger partial charge is 0.240 e. The summed E-state index contributed by atoms with van der Waals surface area (Å²) < 4.78 is 41.5. The predicted octanol–water partition coefficient (Wildman–Crippen LogP) is 3.61.